The molecule has 5 aromatic rings. The van der Waals surface area contributed by atoms with Crippen molar-refractivity contribution < 1.29 is 33.2 Å². The topological polar surface area (TPSA) is 64.6 Å². The third-order valence-electron chi connectivity index (χ3n) is 9.51. The van der Waals surface area contributed by atoms with Gasteiger partial charge < -0.3 is 33.2 Å². The molecule has 8 heteroatoms. The van der Waals surface area contributed by atoms with Crippen molar-refractivity contribution in [3.8, 4) is 5.75 Å². The summed E-state index contributed by atoms with van der Waals surface area (Å²) in [5.74, 6) is -1.86. The number of rotatable bonds is 16. The maximum Gasteiger partial charge on any atom is 0.227 e. The molecular weight excluding hydrogens is 676 g/mol. The quantitative estimate of drug-likeness (QED) is 0.101. The van der Waals surface area contributed by atoms with Crippen molar-refractivity contribution in [3.05, 3.63) is 172 Å². The first-order chi connectivity index (χ1) is 25.5. The molecule has 7 rings (SSSR count). The van der Waals surface area contributed by atoms with Gasteiger partial charge in [-0.3, -0.25) is 0 Å². The number of hydrogen-bond donors (Lipinski definition) is 0. The van der Waals surface area contributed by atoms with Crippen molar-refractivity contribution in [1.82, 2.24) is 0 Å². The van der Waals surface area contributed by atoms with Crippen LogP contribution in [-0.2, 0) is 60.4 Å². The van der Waals surface area contributed by atoms with Gasteiger partial charge in [0.1, 0.15) is 30.7 Å². The summed E-state index contributed by atoms with van der Waals surface area (Å²) in [5.41, 5.74) is 5.82. The summed E-state index contributed by atoms with van der Waals surface area (Å²) in [6, 6.07) is 44.2. The van der Waals surface area contributed by atoms with Gasteiger partial charge >= 0.3 is 0 Å². The Hall–Kier alpha value is -4.05. The summed E-state index contributed by atoms with van der Waals surface area (Å²) in [6.07, 6.45) is -1.55. The monoisotopic (exact) mass is 720 g/mol. The SMILES string of the molecule is CCOc1ccc(Cc2cc([C@]34OC[C@](OCC)(O3)[C@@H](OCc3ccccc3)[C@H](OCc3ccccc3)[C@H]4OCc3ccccc3)ccc2Cl)cc1. The van der Waals surface area contributed by atoms with E-state index in [0.717, 1.165) is 39.1 Å². The lowest BCUT2D eigenvalue weighted by Crippen LogP contribution is -2.67. The summed E-state index contributed by atoms with van der Waals surface area (Å²) < 4.78 is 46.9. The Morgan fingerprint density at radius 1 is 0.635 bits per heavy atom. The molecule has 0 aliphatic carbocycles. The number of halogens is 1. The summed E-state index contributed by atoms with van der Waals surface area (Å²) in [6.45, 7) is 5.95. The molecule has 0 N–H and O–H groups in total. The van der Waals surface area contributed by atoms with Crippen molar-refractivity contribution >= 4 is 11.6 Å². The average Bonchev–Trinajstić information content (AvgIpc) is 3.53. The highest BCUT2D eigenvalue weighted by Crippen LogP contribution is 2.53. The Morgan fingerprint density at radius 3 is 1.79 bits per heavy atom. The van der Waals surface area contributed by atoms with Crippen LogP contribution in [0.15, 0.2) is 133 Å². The fraction of sp³-hybridized carbons (Fsp3) is 0.318. The van der Waals surface area contributed by atoms with Crippen molar-refractivity contribution in [2.24, 2.45) is 0 Å². The maximum atomic E-state index is 7.14. The minimum Gasteiger partial charge on any atom is -0.494 e. The van der Waals surface area contributed by atoms with E-state index in [4.69, 9.17) is 44.8 Å². The van der Waals surface area contributed by atoms with Crippen molar-refractivity contribution in [1.29, 1.82) is 0 Å². The summed E-state index contributed by atoms with van der Waals surface area (Å²) in [7, 11) is 0. The van der Waals surface area contributed by atoms with E-state index in [1.165, 1.54) is 0 Å². The van der Waals surface area contributed by atoms with Crippen molar-refractivity contribution in [2.45, 2.75) is 70.0 Å². The molecular formula is C44H45ClO7. The van der Waals surface area contributed by atoms with E-state index < -0.39 is 29.9 Å². The van der Waals surface area contributed by atoms with Gasteiger partial charge in [0.05, 0.1) is 26.4 Å². The maximum absolute atomic E-state index is 7.14. The fourth-order valence-electron chi connectivity index (χ4n) is 7.04. The highest BCUT2D eigenvalue weighted by Gasteiger charge is 2.70. The van der Waals surface area contributed by atoms with E-state index >= 15 is 0 Å². The second-order valence-corrected chi connectivity index (χ2v) is 13.5. The summed E-state index contributed by atoms with van der Waals surface area (Å²) in [5, 5.41) is 0.640. The van der Waals surface area contributed by atoms with Crippen LogP contribution in [0.3, 0.4) is 0 Å². The predicted octanol–water partition coefficient (Wildman–Crippen LogP) is 9.03. The lowest BCUT2D eigenvalue weighted by molar-refractivity contribution is -0.397. The molecule has 5 aromatic carbocycles. The van der Waals surface area contributed by atoms with E-state index in [2.05, 4.69) is 18.2 Å². The van der Waals surface area contributed by atoms with Gasteiger partial charge in [0, 0.05) is 17.2 Å². The Kier molecular flexibility index (Phi) is 11.7. The lowest BCUT2D eigenvalue weighted by Gasteiger charge is -2.50. The van der Waals surface area contributed by atoms with Crippen LogP contribution in [0.2, 0.25) is 5.02 Å². The molecule has 2 saturated heterocycles. The number of hydrogen-bond acceptors (Lipinski definition) is 7. The second-order valence-electron chi connectivity index (χ2n) is 13.1. The first-order valence-corrected chi connectivity index (χ1v) is 18.3. The van der Waals surface area contributed by atoms with Crippen LogP contribution >= 0.6 is 11.6 Å². The molecule has 2 aliphatic rings. The zero-order chi connectivity index (χ0) is 35.8. The largest absolute Gasteiger partial charge is 0.494 e. The number of ether oxygens (including phenoxy) is 7. The minimum absolute atomic E-state index is 0.105. The first-order valence-electron chi connectivity index (χ1n) is 18.0. The van der Waals surface area contributed by atoms with Crippen molar-refractivity contribution in [2.75, 3.05) is 19.8 Å². The van der Waals surface area contributed by atoms with Crippen LogP contribution < -0.4 is 4.74 Å². The highest BCUT2D eigenvalue weighted by molar-refractivity contribution is 6.31. The molecule has 0 aromatic heterocycles. The zero-order valence-electron chi connectivity index (χ0n) is 29.6. The van der Waals surface area contributed by atoms with E-state index in [1.807, 2.05) is 129 Å². The summed E-state index contributed by atoms with van der Waals surface area (Å²) >= 11 is 6.88. The molecule has 7 nitrogen and oxygen atoms in total. The van der Waals surface area contributed by atoms with Crippen LogP contribution in [-0.4, -0.2) is 43.9 Å². The molecule has 2 bridgehead atoms. The molecule has 0 spiro atoms. The number of benzene rings is 5. The van der Waals surface area contributed by atoms with Gasteiger partial charge in [-0.1, -0.05) is 121 Å². The molecule has 270 valence electrons. The van der Waals surface area contributed by atoms with Gasteiger partial charge in [-0.25, -0.2) is 0 Å². The van der Waals surface area contributed by atoms with Gasteiger partial charge in [-0.15, -0.1) is 0 Å². The van der Waals surface area contributed by atoms with Gasteiger partial charge in [0.2, 0.25) is 11.6 Å². The molecule has 0 radical (unpaired) electrons. The van der Waals surface area contributed by atoms with Gasteiger partial charge in [-0.05, 0) is 72.4 Å². The minimum atomic E-state index is -1.41. The normalized spacial score (nSPS) is 23.8. The van der Waals surface area contributed by atoms with Crippen molar-refractivity contribution in [3.63, 3.8) is 0 Å². The van der Waals surface area contributed by atoms with Crippen LogP contribution in [0.5, 0.6) is 5.75 Å². The molecule has 0 amide bonds. The molecule has 2 aliphatic heterocycles. The van der Waals surface area contributed by atoms with Gasteiger partial charge in [0.25, 0.3) is 0 Å². The Balaban J connectivity index is 1.30. The van der Waals surface area contributed by atoms with Crippen LogP contribution in [0, 0.1) is 0 Å². The van der Waals surface area contributed by atoms with E-state index in [9.17, 15) is 0 Å². The van der Waals surface area contributed by atoms with Gasteiger partial charge in [0.15, 0.2) is 0 Å². The third-order valence-corrected chi connectivity index (χ3v) is 9.88. The zero-order valence-corrected chi connectivity index (χ0v) is 30.4. The van der Waals surface area contributed by atoms with E-state index in [1.54, 1.807) is 0 Å². The predicted molar refractivity (Wildman–Crippen MR) is 200 cm³/mol. The molecule has 0 saturated carbocycles. The Bertz CT molecular complexity index is 1860. The Morgan fingerprint density at radius 2 is 1.21 bits per heavy atom. The van der Waals surface area contributed by atoms with E-state index in [-0.39, 0.29) is 6.61 Å². The molecule has 52 heavy (non-hydrogen) atoms. The molecule has 2 heterocycles. The third kappa shape index (κ3) is 7.97. The molecule has 2 fully saturated rings. The highest BCUT2D eigenvalue weighted by atomic mass is 35.5. The van der Waals surface area contributed by atoms with Crippen LogP contribution in [0.25, 0.3) is 0 Å². The molecule has 0 unspecified atom stereocenters. The van der Waals surface area contributed by atoms with Crippen LogP contribution in [0.1, 0.15) is 47.2 Å². The van der Waals surface area contributed by atoms with Gasteiger partial charge in [-0.2, -0.15) is 0 Å². The van der Waals surface area contributed by atoms with Crippen LogP contribution in [0.4, 0.5) is 0 Å². The second kappa shape index (κ2) is 16.7. The standard InChI is InChI=1S/C44H45ClO7/c1-3-46-38-23-20-32(21-24-38)26-36-27-37(22-25-39(36)45)44-42(49-30-35-18-12-7-13-19-35)40(47-28-33-14-8-5-9-15-33)41(43(52-44,31-51-44)50-4-2)48-29-34-16-10-6-11-17-34/h5-25,27,40-42H,3-4,26,28-31H2,1-2H3/t40-,41-,42+,43-,44-/m0/s1. The average molecular weight is 721 g/mol. The first kappa shape index (κ1) is 36.3. The lowest BCUT2D eigenvalue weighted by atomic mass is 9.86. The fourth-order valence-corrected chi connectivity index (χ4v) is 7.22. The molecule has 5 atom stereocenters. The summed E-state index contributed by atoms with van der Waals surface area (Å²) in [4.78, 5) is 0. The Labute approximate surface area is 311 Å². The van der Waals surface area contributed by atoms with E-state index in [0.29, 0.717) is 44.5 Å². The number of fused-ring (bicyclic) bond motifs is 2. The smallest absolute Gasteiger partial charge is 0.227 e.